The third-order valence-electron chi connectivity index (χ3n) is 5.53. The predicted octanol–water partition coefficient (Wildman–Crippen LogP) is 4.44. The number of ether oxygens (including phenoxy) is 2. The second kappa shape index (κ2) is 21.7. The van der Waals surface area contributed by atoms with Gasteiger partial charge in [0.15, 0.2) is 0 Å². The van der Waals surface area contributed by atoms with Crippen LogP contribution in [0.1, 0.15) is 117 Å². The Morgan fingerprint density at radius 2 is 1.06 bits per heavy atom. The number of carbonyl (C=O) groups is 2. The summed E-state index contributed by atoms with van der Waals surface area (Å²) in [6, 6.07) is 0. The van der Waals surface area contributed by atoms with Gasteiger partial charge >= 0.3 is 11.9 Å². The highest BCUT2D eigenvalue weighted by molar-refractivity contribution is 5.70. The Labute approximate surface area is 194 Å². The molecule has 0 aliphatic heterocycles. The van der Waals surface area contributed by atoms with Gasteiger partial charge in [-0.15, -0.1) is 0 Å². The number of hydrogen-bond donors (Lipinski definition) is 3. The lowest BCUT2D eigenvalue weighted by Gasteiger charge is -2.14. The van der Waals surface area contributed by atoms with Gasteiger partial charge < -0.3 is 24.8 Å². The van der Waals surface area contributed by atoms with E-state index >= 15 is 0 Å². The summed E-state index contributed by atoms with van der Waals surface area (Å²) in [7, 11) is 0. The molecule has 190 valence electrons. The minimum Gasteiger partial charge on any atom is -0.463 e. The molecule has 0 rings (SSSR count). The summed E-state index contributed by atoms with van der Waals surface area (Å²) in [4.78, 5) is 22.3. The number of esters is 2. The summed E-state index contributed by atoms with van der Waals surface area (Å²) in [6.07, 6.45) is 14.1. The Bertz CT molecular complexity index is 456. The van der Waals surface area contributed by atoms with E-state index in [-0.39, 0.29) is 25.7 Å². The molecular formula is C25H48O7. The summed E-state index contributed by atoms with van der Waals surface area (Å²) in [5, 5.41) is 29.5. The molecule has 0 aromatic heterocycles. The molecule has 7 heteroatoms. The molecule has 0 saturated carbocycles. The molecule has 0 aliphatic rings. The number of aliphatic hydroxyl groups is 3. The van der Waals surface area contributed by atoms with E-state index in [0.29, 0.717) is 6.42 Å². The highest BCUT2D eigenvalue weighted by Crippen LogP contribution is 2.15. The Hall–Kier alpha value is -1.18. The highest BCUT2D eigenvalue weighted by Gasteiger charge is 2.15. The van der Waals surface area contributed by atoms with Crippen LogP contribution in [0.15, 0.2) is 0 Å². The monoisotopic (exact) mass is 460 g/mol. The summed E-state index contributed by atoms with van der Waals surface area (Å²) < 4.78 is 9.49. The molecular weight excluding hydrogens is 412 g/mol. The van der Waals surface area contributed by atoms with Gasteiger partial charge in [-0.3, -0.25) is 9.59 Å². The fourth-order valence-corrected chi connectivity index (χ4v) is 3.58. The molecule has 0 spiro atoms. The van der Waals surface area contributed by atoms with Crippen molar-refractivity contribution in [2.45, 2.75) is 135 Å². The predicted molar refractivity (Wildman–Crippen MR) is 125 cm³/mol. The number of rotatable bonds is 22. The second-order valence-corrected chi connectivity index (χ2v) is 8.91. The first-order valence-corrected chi connectivity index (χ1v) is 12.7. The van der Waals surface area contributed by atoms with E-state index in [9.17, 15) is 24.9 Å². The maximum absolute atomic E-state index is 11.7. The Balaban J connectivity index is 3.53. The summed E-state index contributed by atoms with van der Waals surface area (Å²) >= 11 is 0. The van der Waals surface area contributed by atoms with Crippen molar-refractivity contribution in [2.75, 3.05) is 13.2 Å². The number of hydrogen-bond acceptors (Lipinski definition) is 7. The molecule has 0 aliphatic carbocycles. The fraction of sp³-hybridized carbons (Fsp3) is 0.920. The van der Waals surface area contributed by atoms with Crippen LogP contribution in [0.4, 0.5) is 0 Å². The van der Waals surface area contributed by atoms with E-state index in [2.05, 4.69) is 11.7 Å². The van der Waals surface area contributed by atoms with Gasteiger partial charge in [0.1, 0.15) is 19.3 Å². The molecule has 3 N–H and O–H groups in total. The van der Waals surface area contributed by atoms with Gasteiger partial charge in [0.2, 0.25) is 0 Å². The molecule has 0 amide bonds. The van der Waals surface area contributed by atoms with Crippen LogP contribution in [0.25, 0.3) is 0 Å². The number of carbonyl (C=O) groups excluding carboxylic acids is 2. The average molecular weight is 461 g/mol. The van der Waals surface area contributed by atoms with Crippen LogP contribution in [0, 0.1) is 0 Å². The van der Waals surface area contributed by atoms with Gasteiger partial charge in [0, 0.05) is 6.92 Å². The van der Waals surface area contributed by atoms with Crippen molar-refractivity contribution >= 4 is 11.9 Å². The fourth-order valence-electron chi connectivity index (χ4n) is 3.58. The van der Waals surface area contributed by atoms with Crippen molar-refractivity contribution in [2.24, 2.45) is 0 Å². The quantitative estimate of drug-likeness (QED) is 0.162. The molecule has 0 heterocycles. The first-order valence-electron chi connectivity index (χ1n) is 12.7. The number of unbranched alkanes of at least 4 members (excludes halogenated alkanes) is 10. The SMILES string of the molecule is CCCCCCCCCCCCC(O)CCCCC(O)CC(=O)OCC(O)COC(C)=O. The largest absolute Gasteiger partial charge is 0.463 e. The number of aliphatic hydroxyl groups excluding tert-OH is 3. The molecule has 7 nitrogen and oxygen atoms in total. The maximum Gasteiger partial charge on any atom is 0.308 e. The van der Waals surface area contributed by atoms with Crippen LogP contribution in [0.5, 0.6) is 0 Å². The van der Waals surface area contributed by atoms with Crippen molar-refractivity contribution in [3.05, 3.63) is 0 Å². The van der Waals surface area contributed by atoms with Crippen molar-refractivity contribution in [3.63, 3.8) is 0 Å². The zero-order valence-corrected chi connectivity index (χ0v) is 20.4. The maximum atomic E-state index is 11.7. The van der Waals surface area contributed by atoms with Crippen LogP contribution in [-0.4, -0.2) is 58.8 Å². The minimum absolute atomic E-state index is 0.137. The smallest absolute Gasteiger partial charge is 0.308 e. The van der Waals surface area contributed by atoms with E-state index in [0.717, 1.165) is 32.1 Å². The van der Waals surface area contributed by atoms with Gasteiger partial charge in [-0.1, -0.05) is 84.0 Å². The molecule has 0 aromatic rings. The van der Waals surface area contributed by atoms with Gasteiger partial charge in [0.05, 0.1) is 18.6 Å². The summed E-state index contributed by atoms with van der Waals surface area (Å²) in [5.41, 5.74) is 0. The van der Waals surface area contributed by atoms with Gasteiger partial charge in [-0.2, -0.15) is 0 Å². The van der Waals surface area contributed by atoms with Gasteiger partial charge in [0.25, 0.3) is 0 Å². The third-order valence-corrected chi connectivity index (χ3v) is 5.53. The zero-order chi connectivity index (χ0) is 24.0. The molecule has 0 saturated heterocycles. The lowest BCUT2D eigenvalue weighted by Crippen LogP contribution is -2.26. The van der Waals surface area contributed by atoms with Gasteiger partial charge in [-0.05, 0) is 19.3 Å². The molecule has 0 radical (unpaired) electrons. The van der Waals surface area contributed by atoms with E-state index in [4.69, 9.17) is 4.74 Å². The average Bonchev–Trinajstić information content (AvgIpc) is 2.75. The van der Waals surface area contributed by atoms with Crippen LogP contribution in [-0.2, 0) is 19.1 Å². The Morgan fingerprint density at radius 1 is 0.625 bits per heavy atom. The van der Waals surface area contributed by atoms with Crippen molar-refractivity contribution in [3.8, 4) is 0 Å². The van der Waals surface area contributed by atoms with E-state index in [1.54, 1.807) is 0 Å². The van der Waals surface area contributed by atoms with E-state index < -0.39 is 24.1 Å². The molecule has 0 aromatic carbocycles. The lowest BCUT2D eigenvalue weighted by atomic mass is 10.0. The standard InChI is InChI=1S/C25H48O7/c1-3-4-5-6-7-8-9-10-11-12-15-22(27)16-13-14-17-23(28)18-25(30)32-20-24(29)19-31-21(2)26/h22-24,27-29H,3-20H2,1-2H3. The van der Waals surface area contributed by atoms with Crippen LogP contribution >= 0.6 is 0 Å². The molecule has 3 unspecified atom stereocenters. The molecule has 0 fully saturated rings. The van der Waals surface area contributed by atoms with Crippen LogP contribution in [0.3, 0.4) is 0 Å². The van der Waals surface area contributed by atoms with Crippen molar-refractivity contribution in [1.82, 2.24) is 0 Å². The minimum atomic E-state index is -1.07. The molecule has 0 bridgehead atoms. The third kappa shape index (κ3) is 22.0. The van der Waals surface area contributed by atoms with Crippen molar-refractivity contribution in [1.29, 1.82) is 0 Å². The van der Waals surface area contributed by atoms with E-state index in [1.165, 1.54) is 64.7 Å². The summed E-state index contributed by atoms with van der Waals surface area (Å²) in [6.45, 7) is 2.97. The van der Waals surface area contributed by atoms with Crippen LogP contribution < -0.4 is 0 Å². The Morgan fingerprint density at radius 3 is 1.59 bits per heavy atom. The zero-order valence-electron chi connectivity index (χ0n) is 20.4. The van der Waals surface area contributed by atoms with E-state index in [1.807, 2.05) is 0 Å². The summed E-state index contributed by atoms with van der Waals surface area (Å²) in [5.74, 6) is -1.11. The second-order valence-electron chi connectivity index (χ2n) is 8.91. The van der Waals surface area contributed by atoms with Gasteiger partial charge in [-0.25, -0.2) is 0 Å². The first-order chi connectivity index (χ1) is 15.3. The molecule has 32 heavy (non-hydrogen) atoms. The Kier molecular flexibility index (Phi) is 20.9. The highest BCUT2D eigenvalue weighted by atomic mass is 16.6. The topological polar surface area (TPSA) is 113 Å². The lowest BCUT2D eigenvalue weighted by molar-refractivity contribution is -0.152. The van der Waals surface area contributed by atoms with Crippen molar-refractivity contribution < 1.29 is 34.4 Å². The first kappa shape index (κ1) is 30.8. The van der Waals surface area contributed by atoms with Crippen LogP contribution in [0.2, 0.25) is 0 Å². The molecule has 3 atom stereocenters. The normalized spacial score (nSPS) is 14.0.